The maximum atomic E-state index is 12.2. The Kier molecular flexibility index (Phi) is 8.72. The van der Waals surface area contributed by atoms with Crippen molar-refractivity contribution >= 4 is 23.5 Å². The molecule has 0 aliphatic heterocycles. The predicted octanol–water partition coefficient (Wildman–Crippen LogP) is 2.63. The number of carbonyl (C=O) groups excluding carboxylic acids is 4. The highest BCUT2D eigenvalue weighted by molar-refractivity contribution is 6.41. The van der Waals surface area contributed by atoms with E-state index in [1.165, 1.54) is 24.3 Å². The van der Waals surface area contributed by atoms with Gasteiger partial charge in [0.15, 0.2) is 6.10 Å². The number of hydrogen-bond acceptors (Lipinski definition) is 7. The molecule has 2 aromatic rings. The van der Waals surface area contributed by atoms with Gasteiger partial charge in [-0.05, 0) is 6.42 Å². The van der Waals surface area contributed by atoms with Gasteiger partial charge < -0.3 is 14.2 Å². The summed E-state index contributed by atoms with van der Waals surface area (Å²) >= 11 is 0. The molecule has 2 aromatic carbocycles. The zero-order chi connectivity index (χ0) is 21.1. The molecule has 0 amide bonds. The van der Waals surface area contributed by atoms with Crippen LogP contribution in [0.5, 0.6) is 0 Å². The van der Waals surface area contributed by atoms with Crippen molar-refractivity contribution in [2.75, 3.05) is 19.8 Å². The molecular weight excluding hydrogens is 376 g/mol. The van der Waals surface area contributed by atoms with Crippen LogP contribution in [-0.2, 0) is 23.8 Å². The van der Waals surface area contributed by atoms with E-state index in [0.717, 1.165) is 6.42 Å². The van der Waals surface area contributed by atoms with Gasteiger partial charge in [0.05, 0.1) is 6.61 Å². The minimum absolute atomic E-state index is 0.0749. The third kappa shape index (κ3) is 6.97. The number of ketones is 2. The second-order valence-corrected chi connectivity index (χ2v) is 6.09. The fourth-order valence-corrected chi connectivity index (χ4v) is 2.33. The molecule has 0 bridgehead atoms. The molecule has 0 aromatic heterocycles. The van der Waals surface area contributed by atoms with E-state index in [1.807, 2.05) is 6.92 Å². The van der Waals surface area contributed by atoms with E-state index < -0.39 is 36.2 Å². The number of esters is 2. The summed E-state index contributed by atoms with van der Waals surface area (Å²) in [5.74, 6) is -3.81. The van der Waals surface area contributed by atoms with Crippen LogP contribution in [0.3, 0.4) is 0 Å². The van der Waals surface area contributed by atoms with Gasteiger partial charge in [0.25, 0.3) is 11.6 Å². The van der Waals surface area contributed by atoms with Crippen molar-refractivity contribution in [3.05, 3.63) is 71.8 Å². The van der Waals surface area contributed by atoms with Gasteiger partial charge in [-0.25, -0.2) is 9.59 Å². The van der Waals surface area contributed by atoms with Crippen LogP contribution in [0.1, 0.15) is 34.1 Å². The summed E-state index contributed by atoms with van der Waals surface area (Å²) in [5.41, 5.74) is 0.370. The molecule has 1 atom stereocenters. The lowest BCUT2D eigenvalue weighted by Crippen LogP contribution is -2.33. The lowest BCUT2D eigenvalue weighted by atomic mass is 10.1. The van der Waals surface area contributed by atoms with E-state index in [4.69, 9.17) is 14.2 Å². The first-order valence-corrected chi connectivity index (χ1v) is 9.17. The summed E-state index contributed by atoms with van der Waals surface area (Å²) in [7, 11) is 0. The van der Waals surface area contributed by atoms with Gasteiger partial charge in [-0.15, -0.1) is 0 Å². The molecular formula is C22H22O7. The van der Waals surface area contributed by atoms with Gasteiger partial charge in [-0.2, -0.15) is 0 Å². The van der Waals surface area contributed by atoms with Gasteiger partial charge in [-0.1, -0.05) is 67.6 Å². The van der Waals surface area contributed by atoms with Crippen molar-refractivity contribution in [2.45, 2.75) is 19.4 Å². The number of ether oxygens (including phenoxy) is 3. The van der Waals surface area contributed by atoms with E-state index >= 15 is 0 Å². The Balaban J connectivity index is 1.96. The van der Waals surface area contributed by atoms with Crippen LogP contribution < -0.4 is 0 Å². The summed E-state index contributed by atoms with van der Waals surface area (Å²) in [5, 5.41) is 0. The Bertz CT molecular complexity index is 831. The Morgan fingerprint density at radius 1 is 0.759 bits per heavy atom. The molecule has 0 saturated carbocycles. The largest absolute Gasteiger partial charge is 0.456 e. The molecule has 7 nitrogen and oxygen atoms in total. The highest BCUT2D eigenvalue weighted by Crippen LogP contribution is 2.06. The van der Waals surface area contributed by atoms with Crippen LogP contribution in [0.25, 0.3) is 0 Å². The zero-order valence-electron chi connectivity index (χ0n) is 16.0. The average molecular weight is 398 g/mol. The number of hydrogen-bond donors (Lipinski definition) is 0. The van der Waals surface area contributed by atoms with E-state index in [9.17, 15) is 19.2 Å². The van der Waals surface area contributed by atoms with Crippen molar-refractivity contribution in [3.8, 4) is 0 Å². The summed E-state index contributed by atoms with van der Waals surface area (Å²) in [6.45, 7) is 1.82. The van der Waals surface area contributed by atoms with Crippen LogP contribution in [0.2, 0.25) is 0 Å². The van der Waals surface area contributed by atoms with Crippen LogP contribution >= 0.6 is 0 Å². The summed E-state index contributed by atoms with van der Waals surface area (Å²) < 4.78 is 15.5. The molecule has 0 aliphatic carbocycles. The summed E-state index contributed by atoms with van der Waals surface area (Å²) in [6.07, 6.45) is -0.287. The molecule has 2 rings (SSSR count). The Hall–Kier alpha value is -3.32. The van der Waals surface area contributed by atoms with Gasteiger partial charge in [0, 0.05) is 17.7 Å². The SMILES string of the molecule is CCCOCC(COC(=O)C(=O)c1ccccc1)OC(=O)C(=O)c1ccccc1. The lowest BCUT2D eigenvalue weighted by molar-refractivity contribution is -0.156. The lowest BCUT2D eigenvalue weighted by Gasteiger charge is -2.17. The van der Waals surface area contributed by atoms with Crippen molar-refractivity contribution in [3.63, 3.8) is 0 Å². The molecule has 7 heteroatoms. The van der Waals surface area contributed by atoms with Crippen molar-refractivity contribution in [1.82, 2.24) is 0 Å². The van der Waals surface area contributed by atoms with Gasteiger partial charge in [0.1, 0.15) is 6.61 Å². The highest BCUT2D eigenvalue weighted by atomic mass is 16.6. The molecule has 0 N–H and O–H groups in total. The standard InChI is InChI=1S/C22H22O7/c1-2-13-27-14-18(29-22(26)20(24)17-11-7-4-8-12-17)15-28-21(25)19(23)16-9-5-3-6-10-16/h3-12,18H,2,13-15H2,1H3. The van der Waals surface area contributed by atoms with Gasteiger partial charge in [0.2, 0.25) is 0 Å². The second-order valence-electron chi connectivity index (χ2n) is 6.09. The molecule has 152 valence electrons. The molecule has 0 heterocycles. The number of rotatable bonds is 11. The molecule has 29 heavy (non-hydrogen) atoms. The van der Waals surface area contributed by atoms with Crippen molar-refractivity contribution < 1.29 is 33.4 Å². The van der Waals surface area contributed by atoms with Gasteiger partial charge in [-0.3, -0.25) is 9.59 Å². The smallest absolute Gasteiger partial charge is 0.380 e. The maximum Gasteiger partial charge on any atom is 0.380 e. The fraction of sp³-hybridized carbons (Fsp3) is 0.273. The average Bonchev–Trinajstić information content (AvgIpc) is 2.77. The first-order valence-electron chi connectivity index (χ1n) is 9.17. The first-order chi connectivity index (χ1) is 14.0. The monoisotopic (exact) mass is 398 g/mol. The van der Waals surface area contributed by atoms with Crippen molar-refractivity contribution in [1.29, 1.82) is 0 Å². The normalized spacial score (nSPS) is 11.3. The quantitative estimate of drug-likeness (QED) is 0.248. The third-order valence-corrected chi connectivity index (χ3v) is 3.77. The van der Waals surface area contributed by atoms with Gasteiger partial charge >= 0.3 is 11.9 Å². The first kappa shape index (κ1) is 22.0. The van der Waals surface area contributed by atoms with Crippen LogP contribution in [0.15, 0.2) is 60.7 Å². The van der Waals surface area contributed by atoms with Crippen LogP contribution in [-0.4, -0.2) is 49.4 Å². The summed E-state index contributed by atoms with van der Waals surface area (Å²) in [4.78, 5) is 48.4. The molecule has 0 radical (unpaired) electrons. The van der Waals surface area contributed by atoms with E-state index in [2.05, 4.69) is 0 Å². The fourth-order valence-electron chi connectivity index (χ4n) is 2.33. The number of Topliss-reactive ketones (excluding diaryl/α,β-unsaturated/α-hetero) is 2. The molecule has 0 aliphatic rings. The number of carbonyl (C=O) groups is 4. The van der Waals surface area contributed by atoms with E-state index in [0.29, 0.717) is 6.61 Å². The Morgan fingerprint density at radius 2 is 1.28 bits per heavy atom. The molecule has 0 spiro atoms. The van der Waals surface area contributed by atoms with E-state index in [1.54, 1.807) is 36.4 Å². The summed E-state index contributed by atoms with van der Waals surface area (Å²) in [6, 6.07) is 15.9. The molecule has 0 fully saturated rings. The third-order valence-electron chi connectivity index (χ3n) is 3.77. The van der Waals surface area contributed by atoms with Crippen LogP contribution in [0.4, 0.5) is 0 Å². The molecule has 0 saturated heterocycles. The predicted molar refractivity (Wildman–Crippen MR) is 103 cm³/mol. The van der Waals surface area contributed by atoms with Crippen LogP contribution in [0, 0.1) is 0 Å². The van der Waals surface area contributed by atoms with Crippen molar-refractivity contribution in [2.24, 2.45) is 0 Å². The zero-order valence-corrected chi connectivity index (χ0v) is 16.0. The molecule has 1 unspecified atom stereocenters. The second kappa shape index (κ2) is 11.5. The topological polar surface area (TPSA) is 96.0 Å². The van der Waals surface area contributed by atoms with E-state index in [-0.39, 0.29) is 17.7 Å². The minimum Gasteiger partial charge on any atom is -0.456 e. The maximum absolute atomic E-state index is 12.2. The Morgan fingerprint density at radius 3 is 1.79 bits per heavy atom. The highest BCUT2D eigenvalue weighted by Gasteiger charge is 2.25. The number of benzene rings is 2. The Labute approximate surface area is 168 Å². The minimum atomic E-state index is -1.09.